The van der Waals surface area contributed by atoms with Crippen LogP contribution in [-0.2, 0) is 0 Å². The van der Waals surface area contributed by atoms with Crippen LogP contribution in [0.2, 0.25) is 9.88 Å². The maximum atomic E-state index is 5.31. The van der Waals surface area contributed by atoms with Crippen molar-refractivity contribution >= 4 is 50.0 Å². The Balaban J connectivity index is 2.86. The minimum absolute atomic E-state index is 0.465. The van der Waals surface area contributed by atoms with Crippen molar-refractivity contribution in [3.8, 4) is 6.01 Å². The van der Waals surface area contributed by atoms with E-state index >= 15 is 0 Å². The zero-order valence-corrected chi connectivity index (χ0v) is 13.9. The first-order chi connectivity index (χ1) is 6.80. The standard InChI is InChI=1S/C6H5N3O.2CH3.2Sn/c1-2-3-10-6-8-4-7-5-9-6;;;;/h2H,1,3H2;2*1H3;;. The van der Waals surface area contributed by atoms with E-state index in [4.69, 9.17) is 4.74 Å². The molecular weight excluding hydrogens is 392 g/mol. The molecule has 1 aromatic heterocycles. The Morgan fingerprint density at radius 2 is 1.79 bits per heavy atom. The molecule has 0 aliphatic rings. The fraction of sp³-hybridized carbons (Fsp3) is 0.375. The van der Waals surface area contributed by atoms with E-state index in [1.165, 1.54) is 0 Å². The zero-order valence-electron chi connectivity index (χ0n) is 8.24. The van der Waals surface area contributed by atoms with E-state index in [0.717, 1.165) is 7.68 Å². The molecule has 72 valence electrons. The fourth-order valence-electron chi connectivity index (χ4n) is 0.778. The molecule has 0 spiro atoms. The molecule has 14 heavy (non-hydrogen) atoms. The Hall–Kier alpha value is 0.147. The molecule has 0 unspecified atom stereocenters. The van der Waals surface area contributed by atoms with E-state index in [9.17, 15) is 0 Å². The first kappa shape index (κ1) is 12.2. The molecule has 6 heteroatoms. The van der Waals surface area contributed by atoms with Crippen LogP contribution >= 0.6 is 0 Å². The van der Waals surface area contributed by atoms with Gasteiger partial charge >= 0.3 is 105 Å². The number of rotatable bonds is 5. The fourth-order valence-corrected chi connectivity index (χ4v) is 4.12. The van der Waals surface area contributed by atoms with Crippen molar-refractivity contribution in [1.82, 2.24) is 15.0 Å². The Morgan fingerprint density at radius 1 is 1.21 bits per heavy atom. The van der Waals surface area contributed by atoms with Gasteiger partial charge in [0, 0.05) is 0 Å². The van der Waals surface area contributed by atoms with E-state index in [2.05, 4.69) is 31.4 Å². The molecule has 1 rings (SSSR count). The summed E-state index contributed by atoms with van der Waals surface area (Å²) in [5.41, 5.74) is 0. The van der Waals surface area contributed by atoms with Gasteiger partial charge in [0.05, 0.1) is 0 Å². The van der Waals surface area contributed by atoms with Crippen molar-refractivity contribution in [3.63, 3.8) is 0 Å². The summed E-state index contributed by atoms with van der Waals surface area (Å²) in [4.78, 5) is 17.3. The van der Waals surface area contributed by atoms with Gasteiger partial charge in [0.1, 0.15) is 0 Å². The maximum absolute atomic E-state index is 5.31. The number of hydrogen-bond donors (Lipinski definition) is 0. The minimum atomic E-state index is -0.581. The Kier molecular flexibility index (Phi) is 5.76. The van der Waals surface area contributed by atoms with Crippen LogP contribution in [0.5, 0.6) is 6.01 Å². The molecule has 0 N–H and O–H groups in total. The van der Waals surface area contributed by atoms with Crippen molar-refractivity contribution in [3.05, 3.63) is 12.7 Å². The van der Waals surface area contributed by atoms with E-state index < -0.39 is 42.3 Å². The summed E-state index contributed by atoms with van der Waals surface area (Å²) in [7, 11) is 0. The van der Waals surface area contributed by atoms with E-state index in [0.29, 0.717) is 12.6 Å². The summed E-state index contributed by atoms with van der Waals surface area (Å²) in [6.45, 7) is 4.05. The second kappa shape index (κ2) is 6.60. The molecule has 0 aliphatic heterocycles. The quantitative estimate of drug-likeness (QED) is 0.478. The normalized spacial score (nSPS) is 9.86. The molecule has 0 fully saturated rings. The third-order valence-corrected chi connectivity index (χ3v) is 5.22. The molecule has 0 saturated heterocycles. The van der Waals surface area contributed by atoms with Crippen molar-refractivity contribution in [2.45, 2.75) is 9.88 Å². The molecule has 0 amide bonds. The Bertz CT molecular complexity index is 297. The SMILES string of the molecule is C=CCOc1n[c]([Sn][CH3])n[c]([Sn][CH3])n1. The predicted molar refractivity (Wildman–Crippen MR) is 58.0 cm³/mol. The molecule has 1 heterocycles. The van der Waals surface area contributed by atoms with Gasteiger partial charge in [0.25, 0.3) is 0 Å². The second-order valence-electron chi connectivity index (χ2n) is 2.36. The topological polar surface area (TPSA) is 47.9 Å². The number of hydrogen-bond acceptors (Lipinski definition) is 4. The molecule has 1 aromatic rings. The van der Waals surface area contributed by atoms with Crippen molar-refractivity contribution < 1.29 is 4.74 Å². The molecule has 0 saturated carbocycles. The van der Waals surface area contributed by atoms with Crippen LogP contribution in [-0.4, -0.2) is 63.8 Å². The van der Waals surface area contributed by atoms with Gasteiger partial charge in [-0.05, 0) is 0 Å². The van der Waals surface area contributed by atoms with Crippen molar-refractivity contribution in [1.29, 1.82) is 0 Å². The molecule has 0 aliphatic carbocycles. The first-order valence-electron chi connectivity index (χ1n) is 4.15. The Labute approximate surface area is 104 Å². The zero-order chi connectivity index (χ0) is 10.4. The average molecular weight is 403 g/mol. The third kappa shape index (κ3) is 3.72. The van der Waals surface area contributed by atoms with Gasteiger partial charge < -0.3 is 0 Å². The molecule has 0 aromatic carbocycles. The summed E-state index contributed by atoms with van der Waals surface area (Å²) >= 11 is -1.16. The van der Waals surface area contributed by atoms with Crippen LogP contribution in [0.4, 0.5) is 0 Å². The summed E-state index contributed by atoms with van der Waals surface area (Å²) in [5.74, 6) is 0. The number of ether oxygens (including phenoxy) is 1. The molecular formula is C8H11N3OSn2. The van der Waals surface area contributed by atoms with E-state index in [1.54, 1.807) is 6.08 Å². The number of aromatic nitrogens is 3. The molecule has 4 radical (unpaired) electrons. The summed E-state index contributed by atoms with van der Waals surface area (Å²) in [6, 6.07) is 0.482. The van der Waals surface area contributed by atoms with Gasteiger partial charge in [-0.15, -0.1) is 0 Å². The van der Waals surface area contributed by atoms with Gasteiger partial charge in [-0.1, -0.05) is 0 Å². The van der Waals surface area contributed by atoms with Gasteiger partial charge in [-0.2, -0.15) is 0 Å². The first-order valence-corrected chi connectivity index (χ1v) is 12.7. The van der Waals surface area contributed by atoms with E-state index in [1.807, 2.05) is 0 Å². The average Bonchev–Trinajstić information content (AvgIpc) is 2.25. The third-order valence-electron chi connectivity index (χ3n) is 1.39. The van der Waals surface area contributed by atoms with Crippen LogP contribution in [0, 0.1) is 0 Å². The number of nitrogens with zero attached hydrogens (tertiary/aromatic N) is 3. The van der Waals surface area contributed by atoms with Crippen LogP contribution < -0.4 is 12.4 Å². The molecule has 0 atom stereocenters. The molecule has 4 nitrogen and oxygen atoms in total. The predicted octanol–water partition coefficient (Wildman–Crippen LogP) is -0.808. The van der Waals surface area contributed by atoms with Crippen molar-refractivity contribution in [2.24, 2.45) is 0 Å². The van der Waals surface area contributed by atoms with Crippen LogP contribution in [0.15, 0.2) is 12.7 Å². The summed E-state index contributed by atoms with van der Waals surface area (Å²) in [5, 5.41) is 0. The van der Waals surface area contributed by atoms with Crippen LogP contribution in [0.1, 0.15) is 0 Å². The summed E-state index contributed by atoms with van der Waals surface area (Å²) < 4.78 is 7.29. The van der Waals surface area contributed by atoms with Crippen molar-refractivity contribution in [2.75, 3.05) is 6.61 Å². The van der Waals surface area contributed by atoms with Gasteiger partial charge in [0.15, 0.2) is 0 Å². The summed E-state index contributed by atoms with van der Waals surface area (Å²) in [6.07, 6.45) is 1.70. The van der Waals surface area contributed by atoms with Gasteiger partial charge in [-0.3, -0.25) is 0 Å². The monoisotopic (exact) mass is 405 g/mol. The van der Waals surface area contributed by atoms with E-state index in [-0.39, 0.29) is 0 Å². The molecule has 0 bridgehead atoms. The van der Waals surface area contributed by atoms with Gasteiger partial charge in [0.2, 0.25) is 0 Å². The van der Waals surface area contributed by atoms with Gasteiger partial charge in [-0.25, -0.2) is 0 Å². The second-order valence-corrected chi connectivity index (χ2v) is 7.77. The van der Waals surface area contributed by atoms with Crippen LogP contribution in [0.25, 0.3) is 0 Å². The van der Waals surface area contributed by atoms with Crippen LogP contribution in [0.3, 0.4) is 0 Å². The Morgan fingerprint density at radius 3 is 2.21 bits per heavy atom.